The topological polar surface area (TPSA) is 20.3 Å². The molecule has 0 bridgehead atoms. The average Bonchev–Trinajstić information content (AvgIpc) is 2.44. The molecule has 3 heteroatoms. The Labute approximate surface area is 114 Å². The Morgan fingerprint density at radius 2 is 2.11 bits per heavy atom. The molecule has 1 amide bonds. The van der Waals surface area contributed by atoms with Gasteiger partial charge in [-0.05, 0) is 37.3 Å². The summed E-state index contributed by atoms with van der Waals surface area (Å²) in [6.07, 6.45) is 2.83. The second-order valence-electron chi connectivity index (χ2n) is 5.16. The zero-order chi connectivity index (χ0) is 13.1. The van der Waals surface area contributed by atoms with Crippen LogP contribution in [0, 0.1) is 5.92 Å². The molecule has 1 aliphatic carbocycles. The number of halogens is 1. The van der Waals surface area contributed by atoms with Crippen LogP contribution in [0.4, 0.5) is 0 Å². The first-order valence-corrected chi connectivity index (χ1v) is 7.06. The lowest BCUT2D eigenvalue weighted by atomic mass is 9.83. The van der Waals surface area contributed by atoms with Crippen LogP contribution in [-0.2, 0) is 17.6 Å². The van der Waals surface area contributed by atoms with E-state index in [2.05, 4.69) is 24.3 Å². The fourth-order valence-corrected chi connectivity index (χ4v) is 2.72. The molecule has 0 fully saturated rings. The molecule has 1 aliphatic rings. The fourth-order valence-electron chi connectivity index (χ4n) is 2.52. The van der Waals surface area contributed by atoms with Gasteiger partial charge in [-0.25, -0.2) is 0 Å². The van der Waals surface area contributed by atoms with Crippen LogP contribution in [0.3, 0.4) is 0 Å². The summed E-state index contributed by atoms with van der Waals surface area (Å²) in [6, 6.07) is 8.54. The van der Waals surface area contributed by atoms with E-state index in [1.54, 1.807) is 4.90 Å². The van der Waals surface area contributed by atoms with Gasteiger partial charge in [0.2, 0.25) is 5.91 Å². The first kappa shape index (κ1) is 13.4. The van der Waals surface area contributed by atoms with Gasteiger partial charge in [0.25, 0.3) is 0 Å². The number of hydrogen-bond acceptors (Lipinski definition) is 1. The second-order valence-corrected chi connectivity index (χ2v) is 5.47. The number of aryl methyl sites for hydroxylation is 1. The van der Waals surface area contributed by atoms with Gasteiger partial charge in [-0.2, -0.15) is 0 Å². The van der Waals surface area contributed by atoms with Crippen molar-refractivity contribution in [3.05, 3.63) is 35.4 Å². The average molecular weight is 266 g/mol. The summed E-state index contributed by atoms with van der Waals surface area (Å²) < 4.78 is 0. The standard InChI is InChI=1S/C15H20ClNO/c1-11(10-16)17(2)15(18)14-8-7-12-5-3-4-6-13(12)9-14/h3-6,11,14H,7-10H2,1-2H3. The lowest BCUT2D eigenvalue weighted by Crippen LogP contribution is -2.41. The lowest BCUT2D eigenvalue weighted by Gasteiger charge is -2.30. The maximum Gasteiger partial charge on any atom is 0.226 e. The zero-order valence-electron chi connectivity index (χ0n) is 11.0. The van der Waals surface area contributed by atoms with Crippen molar-refractivity contribution in [2.75, 3.05) is 12.9 Å². The highest BCUT2D eigenvalue weighted by atomic mass is 35.5. The number of hydrogen-bond donors (Lipinski definition) is 0. The minimum absolute atomic E-state index is 0.108. The Kier molecular flexibility index (Phi) is 4.28. The van der Waals surface area contributed by atoms with E-state index in [1.165, 1.54) is 11.1 Å². The monoisotopic (exact) mass is 265 g/mol. The molecule has 2 atom stereocenters. The molecule has 2 rings (SSSR count). The van der Waals surface area contributed by atoms with Crippen molar-refractivity contribution in [2.45, 2.75) is 32.2 Å². The summed E-state index contributed by atoms with van der Waals surface area (Å²) in [5.41, 5.74) is 2.73. The van der Waals surface area contributed by atoms with Gasteiger partial charge < -0.3 is 4.90 Å². The summed E-state index contributed by atoms with van der Waals surface area (Å²) in [4.78, 5) is 14.2. The summed E-state index contributed by atoms with van der Waals surface area (Å²) in [6.45, 7) is 1.99. The summed E-state index contributed by atoms with van der Waals surface area (Å²) in [7, 11) is 1.86. The van der Waals surface area contributed by atoms with Crippen molar-refractivity contribution in [3.8, 4) is 0 Å². The van der Waals surface area contributed by atoms with Crippen molar-refractivity contribution < 1.29 is 4.79 Å². The Hall–Kier alpha value is -1.02. The smallest absolute Gasteiger partial charge is 0.226 e. The molecule has 0 radical (unpaired) electrons. The zero-order valence-corrected chi connectivity index (χ0v) is 11.8. The predicted molar refractivity (Wildman–Crippen MR) is 74.9 cm³/mol. The van der Waals surface area contributed by atoms with Crippen LogP contribution >= 0.6 is 11.6 Å². The lowest BCUT2D eigenvalue weighted by molar-refractivity contribution is -0.136. The van der Waals surface area contributed by atoms with Gasteiger partial charge in [0.15, 0.2) is 0 Å². The molecule has 18 heavy (non-hydrogen) atoms. The van der Waals surface area contributed by atoms with Gasteiger partial charge in [0.1, 0.15) is 0 Å². The van der Waals surface area contributed by atoms with E-state index >= 15 is 0 Å². The van der Waals surface area contributed by atoms with Crippen LogP contribution in [0.15, 0.2) is 24.3 Å². The van der Waals surface area contributed by atoms with E-state index in [-0.39, 0.29) is 17.9 Å². The van der Waals surface area contributed by atoms with Crippen LogP contribution in [0.1, 0.15) is 24.5 Å². The van der Waals surface area contributed by atoms with Gasteiger partial charge in [0.05, 0.1) is 0 Å². The Bertz CT molecular complexity index is 432. The molecule has 1 aromatic carbocycles. The molecule has 0 spiro atoms. The summed E-state index contributed by atoms with van der Waals surface area (Å²) >= 11 is 5.82. The van der Waals surface area contributed by atoms with Crippen molar-refractivity contribution in [1.82, 2.24) is 4.90 Å². The first-order valence-electron chi connectivity index (χ1n) is 6.53. The van der Waals surface area contributed by atoms with Gasteiger partial charge in [-0.3, -0.25) is 4.79 Å². The Balaban J connectivity index is 2.07. The molecule has 0 saturated heterocycles. The van der Waals surface area contributed by atoms with Crippen molar-refractivity contribution in [1.29, 1.82) is 0 Å². The molecule has 0 heterocycles. The largest absolute Gasteiger partial charge is 0.342 e. The van der Waals surface area contributed by atoms with Crippen LogP contribution in [0.5, 0.6) is 0 Å². The van der Waals surface area contributed by atoms with E-state index in [4.69, 9.17) is 11.6 Å². The van der Waals surface area contributed by atoms with Crippen LogP contribution in [0.25, 0.3) is 0 Å². The summed E-state index contributed by atoms with van der Waals surface area (Å²) in [5.74, 6) is 0.846. The number of fused-ring (bicyclic) bond motifs is 1. The van der Waals surface area contributed by atoms with Gasteiger partial charge in [0, 0.05) is 24.9 Å². The minimum Gasteiger partial charge on any atom is -0.342 e. The molecule has 0 aromatic heterocycles. The van der Waals surface area contributed by atoms with Crippen LogP contribution in [-0.4, -0.2) is 29.8 Å². The van der Waals surface area contributed by atoms with E-state index < -0.39 is 0 Å². The molecule has 0 saturated carbocycles. The van der Waals surface area contributed by atoms with E-state index in [9.17, 15) is 4.79 Å². The first-order chi connectivity index (χ1) is 8.63. The highest BCUT2D eigenvalue weighted by Crippen LogP contribution is 2.26. The second kappa shape index (κ2) is 5.75. The normalized spacial score (nSPS) is 20.1. The molecule has 2 unspecified atom stereocenters. The number of amides is 1. The van der Waals surface area contributed by atoms with E-state index in [0.29, 0.717) is 5.88 Å². The van der Waals surface area contributed by atoms with Gasteiger partial charge in [-0.15, -0.1) is 11.6 Å². The fraction of sp³-hybridized carbons (Fsp3) is 0.533. The van der Waals surface area contributed by atoms with Crippen LogP contribution < -0.4 is 0 Å². The number of alkyl halides is 1. The van der Waals surface area contributed by atoms with Gasteiger partial charge >= 0.3 is 0 Å². The van der Waals surface area contributed by atoms with Crippen LogP contribution in [0.2, 0.25) is 0 Å². The van der Waals surface area contributed by atoms with Gasteiger partial charge in [-0.1, -0.05) is 24.3 Å². The van der Waals surface area contributed by atoms with E-state index in [0.717, 1.165) is 19.3 Å². The predicted octanol–water partition coefficient (Wildman–Crippen LogP) is 2.88. The van der Waals surface area contributed by atoms with Crippen molar-refractivity contribution in [2.24, 2.45) is 5.92 Å². The molecule has 0 aliphatic heterocycles. The Morgan fingerprint density at radius 3 is 2.78 bits per heavy atom. The molecule has 2 nitrogen and oxygen atoms in total. The SMILES string of the molecule is CC(CCl)N(C)C(=O)C1CCc2ccccc2C1. The summed E-state index contributed by atoms with van der Waals surface area (Å²) in [5, 5.41) is 0. The third kappa shape index (κ3) is 2.69. The maximum absolute atomic E-state index is 12.4. The Morgan fingerprint density at radius 1 is 1.44 bits per heavy atom. The molecular formula is C15H20ClNO. The highest BCUT2D eigenvalue weighted by molar-refractivity contribution is 6.18. The number of carbonyl (C=O) groups excluding carboxylic acids is 1. The highest BCUT2D eigenvalue weighted by Gasteiger charge is 2.28. The third-order valence-electron chi connectivity index (χ3n) is 3.93. The molecule has 98 valence electrons. The minimum atomic E-state index is 0.108. The van der Waals surface area contributed by atoms with Crippen molar-refractivity contribution in [3.63, 3.8) is 0 Å². The third-order valence-corrected chi connectivity index (χ3v) is 4.37. The number of rotatable bonds is 3. The molecule has 1 aromatic rings. The van der Waals surface area contributed by atoms with E-state index in [1.807, 2.05) is 14.0 Å². The number of nitrogens with zero attached hydrogens (tertiary/aromatic N) is 1. The number of carbonyl (C=O) groups is 1. The maximum atomic E-state index is 12.4. The quantitative estimate of drug-likeness (QED) is 0.770. The molecule has 0 N–H and O–H groups in total. The van der Waals surface area contributed by atoms with Crippen molar-refractivity contribution >= 4 is 17.5 Å². The molecular weight excluding hydrogens is 246 g/mol. The number of benzene rings is 1.